The topological polar surface area (TPSA) is 100 Å². The maximum atomic E-state index is 12.5. The van der Waals surface area contributed by atoms with Gasteiger partial charge < -0.3 is 15.0 Å². The Morgan fingerprint density at radius 1 is 1.45 bits per heavy atom. The highest BCUT2D eigenvalue weighted by molar-refractivity contribution is 6.02. The second-order valence-corrected chi connectivity index (χ2v) is 4.95. The summed E-state index contributed by atoms with van der Waals surface area (Å²) in [6.45, 7) is 1.74. The average molecular weight is 301 g/mol. The SMILES string of the molecule is Cc1nc(C(=O)NC2COc3ccccc3N(C)C2=O)n[nH]1. The predicted octanol–water partition coefficient (Wildman–Crippen LogP) is 0.267. The summed E-state index contributed by atoms with van der Waals surface area (Å²) < 4.78 is 5.62. The van der Waals surface area contributed by atoms with Crippen LogP contribution in [0.3, 0.4) is 0 Å². The van der Waals surface area contributed by atoms with Crippen LogP contribution in [0, 0.1) is 6.92 Å². The number of anilines is 1. The van der Waals surface area contributed by atoms with E-state index in [1.807, 2.05) is 12.1 Å². The lowest BCUT2D eigenvalue weighted by atomic mass is 10.2. The smallest absolute Gasteiger partial charge is 0.291 e. The molecule has 0 radical (unpaired) electrons. The summed E-state index contributed by atoms with van der Waals surface area (Å²) >= 11 is 0. The third kappa shape index (κ3) is 2.50. The number of nitrogens with one attached hydrogen (secondary N) is 2. The summed E-state index contributed by atoms with van der Waals surface area (Å²) in [5.41, 5.74) is 0.665. The number of carbonyl (C=O) groups is 2. The van der Waals surface area contributed by atoms with Gasteiger partial charge in [0.15, 0.2) is 0 Å². The molecule has 1 aromatic heterocycles. The van der Waals surface area contributed by atoms with Crippen LogP contribution in [0.2, 0.25) is 0 Å². The van der Waals surface area contributed by atoms with Gasteiger partial charge in [0.2, 0.25) is 5.82 Å². The first-order chi connectivity index (χ1) is 10.6. The number of fused-ring (bicyclic) bond motifs is 1. The van der Waals surface area contributed by atoms with Crippen molar-refractivity contribution >= 4 is 17.5 Å². The van der Waals surface area contributed by atoms with Crippen LogP contribution in [-0.4, -0.2) is 46.7 Å². The molecule has 8 nitrogen and oxygen atoms in total. The maximum Gasteiger partial charge on any atom is 0.291 e. The fourth-order valence-corrected chi connectivity index (χ4v) is 2.22. The highest BCUT2D eigenvalue weighted by atomic mass is 16.5. The zero-order valence-corrected chi connectivity index (χ0v) is 12.2. The molecule has 1 aliphatic heterocycles. The van der Waals surface area contributed by atoms with Gasteiger partial charge in [-0.3, -0.25) is 14.7 Å². The molecule has 2 N–H and O–H groups in total. The van der Waals surface area contributed by atoms with E-state index in [-0.39, 0.29) is 18.3 Å². The Hall–Kier alpha value is -2.90. The number of hydrogen-bond donors (Lipinski definition) is 2. The van der Waals surface area contributed by atoms with Crippen LogP contribution in [0.1, 0.15) is 16.4 Å². The number of H-pyrrole nitrogens is 1. The molecule has 22 heavy (non-hydrogen) atoms. The number of likely N-dealkylation sites (N-methyl/N-ethyl adjacent to an activating group) is 1. The van der Waals surface area contributed by atoms with Gasteiger partial charge in [-0.2, -0.15) is 0 Å². The Kier molecular flexibility index (Phi) is 3.50. The van der Waals surface area contributed by atoms with Crippen LogP contribution in [0.25, 0.3) is 0 Å². The van der Waals surface area contributed by atoms with E-state index in [1.165, 1.54) is 4.90 Å². The summed E-state index contributed by atoms with van der Waals surface area (Å²) in [7, 11) is 1.64. The molecule has 0 saturated carbocycles. The monoisotopic (exact) mass is 301 g/mol. The molecule has 0 fully saturated rings. The minimum absolute atomic E-state index is 0.00489. The first-order valence-corrected chi connectivity index (χ1v) is 6.75. The van der Waals surface area contributed by atoms with E-state index in [4.69, 9.17) is 4.74 Å². The Labute approximate surface area is 126 Å². The summed E-state index contributed by atoms with van der Waals surface area (Å²) in [6.07, 6.45) is 0. The van der Waals surface area contributed by atoms with Crippen molar-refractivity contribution in [1.82, 2.24) is 20.5 Å². The maximum absolute atomic E-state index is 12.5. The summed E-state index contributed by atoms with van der Waals surface area (Å²) in [5.74, 6) is 0.341. The van der Waals surface area contributed by atoms with Gasteiger partial charge in [0, 0.05) is 7.05 Å². The van der Waals surface area contributed by atoms with E-state index in [0.717, 1.165) is 0 Å². The van der Waals surface area contributed by atoms with Crippen molar-refractivity contribution in [3.8, 4) is 5.75 Å². The number of carbonyl (C=O) groups excluding carboxylic acids is 2. The number of ether oxygens (including phenoxy) is 1. The second-order valence-electron chi connectivity index (χ2n) is 4.95. The van der Waals surface area contributed by atoms with Crippen LogP contribution < -0.4 is 15.0 Å². The first-order valence-electron chi connectivity index (χ1n) is 6.75. The molecule has 3 rings (SSSR count). The molecule has 1 aromatic carbocycles. The Morgan fingerprint density at radius 3 is 2.95 bits per heavy atom. The Morgan fingerprint density at radius 2 is 2.23 bits per heavy atom. The van der Waals surface area contributed by atoms with Crippen LogP contribution in [0.5, 0.6) is 5.75 Å². The van der Waals surface area contributed by atoms with Crippen LogP contribution in [0.4, 0.5) is 5.69 Å². The molecule has 2 amide bonds. The first kappa shape index (κ1) is 14.1. The Bertz CT molecular complexity index is 727. The lowest BCUT2D eigenvalue weighted by Crippen LogP contribution is -2.49. The standard InChI is InChI=1S/C14H15N5O3/c1-8-15-12(18-17-8)13(20)16-9-7-22-11-6-4-3-5-10(11)19(2)14(9)21/h3-6,9H,7H2,1-2H3,(H,16,20)(H,15,17,18). The molecule has 8 heteroatoms. The summed E-state index contributed by atoms with van der Waals surface area (Å²) in [5, 5.41) is 8.96. The molecule has 0 spiro atoms. The van der Waals surface area contributed by atoms with Crippen molar-refractivity contribution in [2.24, 2.45) is 0 Å². The number of rotatable bonds is 2. The molecule has 1 unspecified atom stereocenters. The van der Waals surface area contributed by atoms with E-state index in [9.17, 15) is 9.59 Å². The summed E-state index contributed by atoms with van der Waals surface area (Å²) in [6, 6.07) is 6.41. The number of amides is 2. The average Bonchev–Trinajstić information content (AvgIpc) is 2.92. The fraction of sp³-hybridized carbons (Fsp3) is 0.286. The second kappa shape index (κ2) is 5.47. The Balaban J connectivity index is 1.79. The van der Waals surface area contributed by atoms with Crippen molar-refractivity contribution in [3.05, 3.63) is 35.9 Å². The number of aromatic amines is 1. The molecule has 114 valence electrons. The van der Waals surface area contributed by atoms with Gasteiger partial charge in [-0.25, -0.2) is 4.98 Å². The normalized spacial score (nSPS) is 17.5. The zero-order chi connectivity index (χ0) is 15.7. The van der Waals surface area contributed by atoms with Gasteiger partial charge in [-0.15, -0.1) is 5.10 Å². The third-order valence-corrected chi connectivity index (χ3v) is 3.37. The number of benzene rings is 1. The van der Waals surface area contributed by atoms with Gasteiger partial charge in [-0.1, -0.05) is 12.1 Å². The molecule has 2 heterocycles. The molecule has 0 aliphatic carbocycles. The van der Waals surface area contributed by atoms with E-state index in [2.05, 4.69) is 20.5 Å². The molecular weight excluding hydrogens is 286 g/mol. The van der Waals surface area contributed by atoms with Gasteiger partial charge in [-0.05, 0) is 19.1 Å². The number of aromatic nitrogens is 3. The largest absolute Gasteiger partial charge is 0.489 e. The molecular formula is C14H15N5O3. The minimum Gasteiger partial charge on any atom is -0.489 e. The number of aryl methyl sites for hydroxylation is 1. The predicted molar refractivity (Wildman–Crippen MR) is 77.7 cm³/mol. The number of nitrogens with zero attached hydrogens (tertiary/aromatic N) is 3. The van der Waals surface area contributed by atoms with Crippen LogP contribution in [-0.2, 0) is 4.79 Å². The van der Waals surface area contributed by atoms with Gasteiger partial charge in [0.25, 0.3) is 11.8 Å². The van der Waals surface area contributed by atoms with E-state index in [1.54, 1.807) is 26.1 Å². The lowest BCUT2D eigenvalue weighted by Gasteiger charge is -2.19. The van der Waals surface area contributed by atoms with Crippen molar-refractivity contribution < 1.29 is 14.3 Å². The molecule has 1 atom stereocenters. The molecule has 2 aromatic rings. The highest BCUT2D eigenvalue weighted by Gasteiger charge is 2.31. The van der Waals surface area contributed by atoms with Crippen LogP contribution >= 0.6 is 0 Å². The number of para-hydroxylation sites is 2. The minimum atomic E-state index is -0.802. The van der Waals surface area contributed by atoms with Gasteiger partial charge in [0.1, 0.15) is 24.2 Å². The van der Waals surface area contributed by atoms with Gasteiger partial charge in [0.05, 0.1) is 5.69 Å². The van der Waals surface area contributed by atoms with Crippen molar-refractivity contribution in [3.63, 3.8) is 0 Å². The van der Waals surface area contributed by atoms with E-state index in [0.29, 0.717) is 17.3 Å². The molecule has 1 aliphatic rings. The third-order valence-electron chi connectivity index (χ3n) is 3.37. The van der Waals surface area contributed by atoms with Crippen molar-refractivity contribution in [2.45, 2.75) is 13.0 Å². The van der Waals surface area contributed by atoms with Gasteiger partial charge >= 0.3 is 0 Å². The van der Waals surface area contributed by atoms with E-state index < -0.39 is 11.9 Å². The zero-order valence-electron chi connectivity index (χ0n) is 12.2. The van der Waals surface area contributed by atoms with Crippen molar-refractivity contribution in [2.75, 3.05) is 18.6 Å². The van der Waals surface area contributed by atoms with Crippen LogP contribution in [0.15, 0.2) is 24.3 Å². The van der Waals surface area contributed by atoms with E-state index >= 15 is 0 Å². The number of hydrogen-bond acceptors (Lipinski definition) is 5. The fourth-order valence-electron chi connectivity index (χ4n) is 2.22. The molecule has 0 saturated heterocycles. The quantitative estimate of drug-likeness (QED) is 0.829. The highest BCUT2D eigenvalue weighted by Crippen LogP contribution is 2.29. The van der Waals surface area contributed by atoms with Crippen molar-refractivity contribution in [1.29, 1.82) is 0 Å². The lowest BCUT2D eigenvalue weighted by molar-refractivity contribution is -0.120. The summed E-state index contributed by atoms with van der Waals surface area (Å²) in [4.78, 5) is 30.0. The molecule has 0 bridgehead atoms.